The topological polar surface area (TPSA) is 237 Å². The van der Waals surface area contributed by atoms with Crippen molar-refractivity contribution in [3.63, 3.8) is 0 Å². The van der Waals surface area contributed by atoms with Crippen LogP contribution in [-0.4, -0.2) is 96.7 Å². The molecule has 606 valence electrons. The van der Waals surface area contributed by atoms with Crippen LogP contribution in [0.25, 0.3) is 0 Å². The second-order valence-corrected chi connectivity index (χ2v) is 28.4. The molecule has 0 aromatic heterocycles. The maximum atomic E-state index is 13.1. The van der Waals surface area contributed by atoms with E-state index in [1.165, 1.54) is 0 Å². The van der Waals surface area contributed by atoms with Crippen molar-refractivity contribution in [2.24, 2.45) is 0 Å². The minimum atomic E-state index is -5.02. The summed E-state index contributed by atoms with van der Waals surface area (Å²) in [6.45, 7) is 4.17. The number of aliphatic hydroxyl groups excluding tert-OH is 1. The molecule has 0 heterocycles. The number of hydrogen-bond acceptors (Lipinski definition) is 15. The summed E-state index contributed by atoms with van der Waals surface area (Å²) in [5.41, 5.74) is 0. The molecule has 0 aliphatic rings. The van der Waals surface area contributed by atoms with Gasteiger partial charge < -0.3 is 33.8 Å². The molecule has 0 fully saturated rings. The Morgan fingerprint density at radius 2 is 0.472 bits per heavy atom. The fourth-order valence-corrected chi connectivity index (χ4v) is 11.1. The lowest BCUT2D eigenvalue weighted by atomic mass is 10.1. The molecule has 0 aliphatic carbocycles. The third-order valence-corrected chi connectivity index (χ3v) is 17.4. The molecule has 0 aromatic rings. The van der Waals surface area contributed by atoms with Gasteiger partial charge in [-0.25, -0.2) is 9.13 Å². The number of carbonyl (C=O) groups excluding carboxylic acids is 4. The van der Waals surface area contributed by atoms with Crippen LogP contribution in [0.5, 0.6) is 0 Å². The lowest BCUT2D eigenvalue weighted by Gasteiger charge is -2.21. The molecule has 0 saturated heterocycles. The van der Waals surface area contributed by atoms with E-state index in [1.54, 1.807) is 0 Å². The number of allylic oxidation sites excluding steroid dienone is 36. The van der Waals surface area contributed by atoms with Gasteiger partial charge in [-0.2, -0.15) is 0 Å². The summed E-state index contributed by atoms with van der Waals surface area (Å²) in [5, 5.41) is 10.6. The molecule has 0 rings (SSSR count). The van der Waals surface area contributed by atoms with E-state index in [4.69, 9.17) is 37.0 Å². The number of aliphatic hydroxyl groups is 1. The smallest absolute Gasteiger partial charge is 0.462 e. The van der Waals surface area contributed by atoms with E-state index in [1.807, 2.05) is 36.5 Å². The Balaban J connectivity index is 5.55. The lowest BCUT2D eigenvalue weighted by Crippen LogP contribution is -2.30. The molecule has 0 amide bonds. The second kappa shape index (κ2) is 78.5. The largest absolute Gasteiger partial charge is 0.472 e. The second-order valence-electron chi connectivity index (χ2n) is 25.5. The van der Waals surface area contributed by atoms with Gasteiger partial charge >= 0.3 is 39.5 Å². The number of hydrogen-bond donors (Lipinski definition) is 3. The number of carbonyl (C=O) groups is 4. The summed E-state index contributed by atoms with van der Waals surface area (Å²) in [5.74, 6) is -2.44. The Bertz CT molecular complexity index is 2720. The third-order valence-electron chi connectivity index (χ3n) is 15.5. The number of esters is 4. The van der Waals surface area contributed by atoms with Crippen LogP contribution in [0, 0.1) is 0 Å². The molecule has 0 aromatic carbocycles. The first-order valence-corrected chi connectivity index (χ1v) is 43.0. The van der Waals surface area contributed by atoms with Crippen molar-refractivity contribution >= 4 is 39.5 Å². The first kappa shape index (κ1) is 101. The monoisotopic (exact) mass is 1540 g/mol. The summed E-state index contributed by atoms with van der Waals surface area (Å²) < 4.78 is 68.4. The quantitative estimate of drug-likeness (QED) is 0.0169. The average molecular weight is 1540 g/mol. The van der Waals surface area contributed by atoms with Gasteiger partial charge in [0.05, 0.1) is 26.4 Å². The van der Waals surface area contributed by atoms with Gasteiger partial charge in [-0.15, -0.1) is 0 Å². The van der Waals surface area contributed by atoms with E-state index in [0.717, 1.165) is 167 Å². The molecule has 0 saturated carbocycles. The van der Waals surface area contributed by atoms with Crippen molar-refractivity contribution in [3.05, 3.63) is 219 Å². The number of phosphoric acid groups is 2. The Labute approximate surface area is 651 Å². The van der Waals surface area contributed by atoms with Crippen LogP contribution in [0.4, 0.5) is 0 Å². The molecule has 0 spiro atoms. The van der Waals surface area contributed by atoms with Crippen LogP contribution in [0.3, 0.4) is 0 Å². The van der Waals surface area contributed by atoms with Crippen molar-refractivity contribution in [3.8, 4) is 0 Å². The third kappa shape index (κ3) is 77.5. The van der Waals surface area contributed by atoms with Crippen LogP contribution in [0.2, 0.25) is 0 Å². The van der Waals surface area contributed by atoms with Gasteiger partial charge in [0, 0.05) is 25.7 Å². The Kier molecular flexibility index (Phi) is 73.7. The van der Waals surface area contributed by atoms with Crippen molar-refractivity contribution in [2.75, 3.05) is 39.6 Å². The highest BCUT2D eigenvalue weighted by atomic mass is 31.2. The van der Waals surface area contributed by atoms with Gasteiger partial charge in [0.25, 0.3) is 0 Å². The van der Waals surface area contributed by atoms with Gasteiger partial charge in [-0.05, 0) is 167 Å². The predicted octanol–water partition coefficient (Wildman–Crippen LogP) is 23.7. The van der Waals surface area contributed by atoms with E-state index < -0.39 is 97.5 Å². The average Bonchev–Trinajstić information content (AvgIpc) is 0.923. The van der Waals surface area contributed by atoms with Gasteiger partial charge in [-0.1, -0.05) is 285 Å². The van der Waals surface area contributed by atoms with Gasteiger partial charge in [-0.3, -0.25) is 37.3 Å². The van der Waals surface area contributed by atoms with Gasteiger partial charge in [0.2, 0.25) is 0 Å². The minimum absolute atomic E-state index is 0.0213. The number of unbranched alkanes of at least 4 members (excludes halogenated alkanes) is 10. The van der Waals surface area contributed by atoms with Crippen LogP contribution >= 0.6 is 15.6 Å². The standard InChI is InChI=1S/C89H138O17P2/c1-5-9-13-17-21-25-29-33-37-39-41-43-47-49-53-57-61-65-69-73-86(91)99-79-84(105-88(93)75-71-67-63-59-55-51-45-35-31-27-23-19-15-11-7-3)81-103-107(95,96)101-77-83(90)78-102-108(97,98)104-82-85(106-89(94)76-72-68-64-60-56-52-46-36-32-28-24-20-16-12-8-4)80-100-87(92)74-70-66-62-58-54-50-48-44-42-40-38-34-30-26-22-18-14-10-6-2/h9-16,21-28,33-38,41-46,49-50,53-54,61-62,65-66,83-85,90H,5-8,17-20,29-32,39-40,47-48,51-52,55-60,63-64,67-82H2,1-4H3,(H,95,96)(H,97,98)/b13-9-,14-10-,15-11-,16-12-,25-21-,26-22-,27-23-,28-24-,37-33-,38-34-,43-41-,44-42-,45-35-,46-36-,53-49-,54-50-,65-61-,66-62-. The first-order chi connectivity index (χ1) is 52.7. The molecule has 0 bridgehead atoms. The van der Waals surface area contributed by atoms with Crippen molar-refractivity contribution in [2.45, 2.75) is 277 Å². The summed E-state index contributed by atoms with van der Waals surface area (Å²) >= 11 is 0. The highest BCUT2D eigenvalue weighted by molar-refractivity contribution is 7.47. The lowest BCUT2D eigenvalue weighted by molar-refractivity contribution is -0.161. The predicted molar refractivity (Wildman–Crippen MR) is 445 cm³/mol. The van der Waals surface area contributed by atoms with Crippen LogP contribution in [-0.2, 0) is 65.4 Å². The normalized spacial score (nSPS) is 15.0. The van der Waals surface area contributed by atoms with Crippen LogP contribution < -0.4 is 0 Å². The molecule has 0 aliphatic heterocycles. The molecule has 4 unspecified atom stereocenters. The van der Waals surface area contributed by atoms with Crippen LogP contribution in [0.15, 0.2) is 219 Å². The molecule has 108 heavy (non-hydrogen) atoms. The fourth-order valence-electron chi connectivity index (χ4n) is 9.53. The van der Waals surface area contributed by atoms with E-state index >= 15 is 0 Å². The highest BCUT2D eigenvalue weighted by Gasteiger charge is 2.30. The maximum Gasteiger partial charge on any atom is 0.472 e. The number of rotatable bonds is 72. The fraction of sp³-hybridized carbons (Fsp3) is 0.551. The van der Waals surface area contributed by atoms with Crippen molar-refractivity contribution in [1.82, 2.24) is 0 Å². The van der Waals surface area contributed by atoms with Gasteiger partial charge in [0.15, 0.2) is 12.2 Å². The van der Waals surface area contributed by atoms with E-state index in [9.17, 15) is 43.2 Å². The summed E-state index contributed by atoms with van der Waals surface area (Å²) in [6, 6.07) is 0. The van der Waals surface area contributed by atoms with E-state index in [-0.39, 0.29) is 25.7 Å². The zero-order valence-corrected chi connectivity index (χ0v) is 68.0. The highest BCUT2D eigenvalue weighted by Crippen LogP contribution is 2.45. The Morgan fingerprint density at radius 3 is 0.731 bits per heavy atom. The van der Waals surface area contributed by atoms with E-state index in [2.05, 4.69) is 210 Å². The summed E-state index contributed by atoms with van der Waals surface area (Å²) in [7, 11) is -10.0. The molecule has 0 radical (unpaired) electrons. The summed E-state index contributed by atoms with van der Waals surface area (Å²) in [6.07, 6.45) is 99.5. The molecule has 17 nitrogen and oxygen atoms in total. The zero-order valence-electron chi connectivity index (χ0n) is 66.2. The molecule has 4 atom stereocenters. The minimum Gasteiger partial charge on any atom is -0.462 e. The maximum absolute atomic E-state index is 13.1. The SMILES string of the molecule is CC/C=C\C/C=C\C/C=C\C/C=C\C/C=C\C/C=C\CCC(=O)OCC(COP(=O)(O)OCC(O)COP(=O)(O)OCC(COC(=O)CC/C=C\C/C=C\C/C=C\C/C=C\C/C=C\C/C=C\CC)OC(=O)CCCCCCC/C=C\C/C=C\C/C=C\CC)OC(=O)CCCCCCC/C=C\C/C=C\C/C=C\CC. The van der Waals surface area contributed by atoms with Crippen LogP contribution in [0.1, 0.15) is 259 Å². The molecule has 19 heteroatoms. The van der Waals surface area contributed by atoms with Gasteiger partial charge in [0.1, 0.15) is 19.3 Å². The molecular formula is C89H138O17P2. The number of ether oxygens (including phenoxy) is 4. The Hall–Kier alpha value is -6.62. The van der Waals surface area contributed by atoms with Crippen molar-refractivity contribution in [1.29, 1.82) is 0 Å². The summed E-state index contributed by atoms with van der Waals surface area (Å²) in [4.78, 5) is 73.0. The van der Waals surface area contributed by atoms with E-state index in [0.29, 0.717) is 38.5 Å². The molecule has 3 N–H and O–H groups in total. The number of phosphoric ester groups is 2. The first-order valence-electron chi connectivity index (χ1n) is 40.0. The van der Waals surface area contributed by atoms with Crippen molar-refractivity contribution < 1.29 is 80.2 Å². The molecular weight excluding hydrogens is 1400 g/mol. The zero-order chi connectivity index (χ0) is 78.9. The Morgan fingerprint density at radius 1 is 0.259 bits per heavy atom.